The largest absolute Gasteiger partial charge is 0.507 e. The van der Waals surface area contributed by atoms with Gasteiger partial charge in [-0.2, -0.15) is 0 Å². The van der Waals surface area contributed by atoms with Crippen LogP contribution in [-0.2, 0) is 0 Å². The molecule has 1 fully saturated rings. The fourth-order valence-electron chi connectivity index (χ4n) is 2.35. The second kappa shape index (κ2) is 5.85. The van der Waals surface area contributed by atoms with E-state index in [1.54, 1.807) is 0 Å². The van der Waals surface area contributed by atoms with Gasteiger partial charge in [-0.3, -0.25) is 0 Å². The summed E-state index contributed by atoms with van der Waals surface area (Å²) in [4.78, 5) is 0. The van der Waals surface area contributed by atoms with Crippen LogP contribution in [0.25, 0.3) is 0 Å². The van der Waals surface area contributed by atoms with E-state index in [2.05, 4.69) is 5.32 Å². The number of hydrogen-bond donors (Lipinski definition) is 3. The van der Waals surface area contributed by atoms with Crippen LogP contribution in [0.5, 0.6) is 5.75 Å². The van der Waals surface area contributed by atoms with Gasteiger partial charge >= 0.3 is 0 Å². The molecule has 1 aromatic rings. The zero-order chi connectivity index (χ0) is 13.3. The maximum atomic E-state index is 9.97. The van der Waals surface area contributed by atoms with E-state index < -0.39 is 0 Å². The molecule has 1 heterocycles. The summed E-state index contributed by atoms with van der Waals surface area (Å²) >= 11 is 18.0. The van der Waals surface area contributed by atoms with E-state index >= 15 is 0 Å². The Morgan fingerprint density at radius 1 is 1.22 bits per heavy atom. The number of piperidine rings is 1. The van der Waals surface area contributed by atoms with E-state index in [-0.39, 0.29) is 32.8 Å². The normalized spacial score (nSPS) is 18.9. The monoisotopic (exact) mass is 308 g/mol. The molecule has 1 aromatic carbocycles. The fourth-order valence-corrected chi connectivity index (χ4v) is 3.08. The highest BCUT2D eigenvalue weighted by Crippen LogP contribution is 2.43. The minimum absolute atomic E-state index is 0.0143. The topological polar surface area (TPSA) is 58.3 Å². The van der Waals surface area contributed by atoms with Gasteiger partial charge < -0.3 is 16.2 Å². The molecule has 6 heteroatoms. The summed E-state index contributed by atoms with van der Waals surface area (Å²) in [6.45, 7) is 1.86. The lowest BCUT2D eigenvalue weighted by Gasteiger charge is -2.29. The fraction of sp³-hybridized carbons (Fsp3) is 0.500. The molecule has 0 saturated carbocycles. The van der Waals surface area contributed by atoms with E-state index in [0.29, 0.717) is 5.56 Å². The van der Waals surface area contributed by atoms with Gasteiger partial charge in [0.15, 0.2) is 0 Å². The van der Waals surface area contributed by atoms with Crippen molar-refractivity contribution < 1.29 is 5.11 Å². The maximum Gasteiger partial charge on any atom is 0.123 e. The summed E-state index contributed by atoms with van der Waals surface area (Å²) in [5.74, 6) is 0.298. The molecule has 4 N–H and O–H groups in total. The minimum Gasteiger partial charge on any atom is -0.507 e. The Morgan fingerprint density at radius 3 is 2.44 bits per heavy atom. The lowest BCUT2D eigenvalue weighted by molar-refractivity contribution is 0.316. The molecule has 0 bridgehead atoms. The van der Waals surface area contributed by atoms with Gasteiger partial charge in [-0.15, -0.1) is 0 Å². The Bertz CT molecular complexity index is 447. The van der Waals surface area contributed by atoms with Crippen molar-refractivity contribution in [1.82, 2.24) is 5.32 Å². The second-order valence-electron chi connectivity index (χ2n) is 4.53. The highest BCUT2D eigenvalue weighted by atomic mass is 35.5. The highest BCUT2D eigenvalue weighted by Gasteiger charge is 2.27. The van der Waals surface area contributed by atoms with Gasteiger partial charge in [-0.05, 0) is 31.8 Å². The first-order valence-electron chi connectivity index (χ1n) is 5.85. The molecule has 1 atom stereocenters. The molecular weight excluding hydrogens is 295 g/mol. The number of phenols is 1. The van der Waals surface area contributed by atoms with E-state index in [4.69, 9.17) is 40.5 Å². The number of rotatable bonds is 2. The first kappa shape index (κ1) is 14.2. The predicted octanol–water partition coefficient (Wildman–Crippen LogP) is 3.35. The smallest absolute Gasteiger partial charge is 0.123 e. The molecule has 1 aliphatic rings. The molecule has 0 radical (unpaired) electrons. The average Bonchev–Trinajstić information content (AvgIpc) is 2.37. The summed E-state index contributed by atoms with van der Waals surface area (Å²) in [5.41, 5.74) is 6.71. The van der Waals surface area contributed by atoms with Crippen molar-refractivity contribution in [1.29, 1.82) is 0 Å². The molecule has 1 aliphatic heterocycles. The van der Waals surface area contributed by atoms with Gasteiger partial charge in [0, 0.05) is 17.7 Å². The number of aromatic hydroxyl groups is 1. The molecule has 1 saturated heterocycles. The zero-order valence-corrected chi connectivity index (χ0v) is 12.0. The van der Waals surface area contributed by atoms with Crippen molar-refractivity contribution in [3.8, 4) is 5.75 Å². The van der Waals surface area contributed by atoms with Gasteiger partial charge in [-0.1, -0.05) is 34.8 Å². The van der Waals surface area contributed by atoms with E-state index in [9.17, 15) is 5.11 Å². The highest BCUT2D eigenvalue weighted by molar-refractivity contribution is 6.48. The Morgan fingerprint density at radius 2 is 1.83 bits per heavy atom. The first-order valence-corrected chi connectivity index (χ1v) is 6.98. The summed E-state index contributed by atoms with van der Waals surface area (Å²) in [6, 6.07) is 1.07. The third-order valence-corrected chi connectivity index (χ3v) is 4.68. The Balaban J connectivity index is 2.34. The number of phenolic OH excluding ortho intramolecular Hbond substituents is 1. The van der Waals surface area contributed by atoms with Crippen LogP contribution < -0.4 is 11.1 Å². The summed E-state index contributed by atoms with van der Waals surface area (Å²) in [7, 11) is 0. The number of benzene rings is 1. The van der Waals surface area contributed by atoms with Gasteiger partial charge in [0.05, 0.1) is 15.1 Å². The van der Waals surface area contributed by atoms with E-state index in [0.717, 1.165) is 25.9 Å². The minimum atomic E-state index is -0.325. The first-order chi connectivity index (χ1) is 8.52. The van der Waals surface area contributed by atoms with Crippen LogP contribution in [0.4, 0.5) is 0 Å². The van der Waals surface area contributed by atoms with Gasteiger partial charge in [0.2, 0.25) is 0 Å². The Kier molecular flexibility index (Phi) is 4.62. The van der Waals surface area contributed by atoms with Crippen LogP contribution in [-0.4, -0.2) is 18.2 Å². The molecule has 100 valence electrons. The Hall–Kier alpha value is -0.190. The van der Waals surface area contributed by atoms with Crippen LogP contribution in [0.15, 0.2) is 6.07 Å². The number of nitrogens with one attached hydrogen (secondary N) is 1. The standard InChI is InChI=1S/C12H15Cl3N2O/c13-7-5-8(18)9(11(15)10(7)14)12(16)6-1-3-17-4-2-6/h5-6,12,17-18H,1-4,16H2/t12-/m1/s1. The average molecular weight is 310 g/mol. The molecule has 3 nitrogen and oxygen atoms in total. The van der Waals surface area contributed by atoms with E-state index in [1.807, 2.05) is 0 Å². The van der Waals surface area contributed by atoms with Crippen LogP contribution in [0.3, 0.4) is 0 Å². The number of halogens is 3. The van der Waals surface area contributed by atoms with Crippen LogP contribution in [0, 0.1) is 5.92 Å². The third-order valence-electron chi connectivity index (χ3n) is 3.40. The van der Waals surface area contributed by atoms with Crippen molar-refractivity contribution in [2.45, 2.75) is 18.9 Å². The van der Waals surface area contributed by atoms with Gasteiger partial charge in [0.25, 0.3) is 0 Å². The number of nitrogens with two attached hydrogens (primary N) is 1. The molecule has 0 aliphatic carbocycles. The van der Waals surface area contributed by atoms with Crippen molar-refractivity contribution in [3.05, 3.63) is 26.7 Å². The summed E-state index contributed by atoms with van der Waals surface area (Å²) in [6.07, 6.45) is 1.91. The van der Waals surface area contributed by atoms with Crippen LogP contribution >= 0.6 is 34.8 Å². The van der Waals surface area contributed by atoms with Crippen LogP contribution in [0.2, 0.25) is 15.1 Å². The molecule has 2 rings (SSSR count). The van der Waals surface area contributed by atoms with Crippen molar-refractivity contribution in [3.63, 3.8) is 0 Å². The van der Waals surface area contributed by atoms with Gasteiger partial charge in [-0.25, -0.2) is 0 Å². The molecule has 0 amide bonds. The zero-order valence-electron chi connectivity index (χ0n) is 9.72. The summed E-state index contributed by atoms with van der Waals surface area (Å²) < 4.78 is 0. The molecule has 0 spiro atoms. The second-order valence-corrected chi connectivity index (χ2v) is 5.70. The molecular formula is C12H15Cl3N2O. The number of hydrogen-bond acceptors (Lipinski definition) is 3. The molecule has 18 heavy (non-hydrogen) atoms. The molecule has 0 aromatic heterocycles. The quantitative estimate of drug-likeness (QED) is 0.734. The predicted molar refractivity (Wildman–Crippen MR) is 75.7 cm³/mol. The van der Waals surface area contributed by atoms with Crippen molar-refractivity contribution in [2.24, 2.45) is 11.7 Å². The lowest BCUT2D eigenvalue weighted by Crippen LogP contribution is -2.34. The Labute approximate surface area is 121 Å². The maximum absolute atomic E-state index is 9.97. The van der Waals surface area contributed by atoms with Crippen molar-refractivity contribution in [2.75, 3.05) is 13.1 Å². The van der Waals surface area contributed by atoms with Crippen LogP contribution in [0.1, 0.15) is 24.4 Å². The van der Waals surface area contributed by atoms with E-state index in [1.165, 1.54) is 6.07 Å². The third kappa shape index (κ3) is 2.70. The summed E-state index contributed by atoms with van der Waals surface area (Å²) in [5, 5.41) is 14.0. The SMILES string of the molecule is N[C@@H](c1c(O)cc(Cl)c(Cl)c1Cl)C1CCNCC1. The van der Waals surface area contributed by atoms with Gasteiger partial charge in [0.1, 0.15) is 5.75 Å². The molecule has 0 unspecified atom stereocenters. The van der Waals surface area contributed by atoms with Crippen molar-refractivity contribution >= 4 is 34.8 Å². The lowest BCUT2D eigenvalue weighted by atomic mass is 9.86.